The molecule has 0 bridgehead atoms. The largest absolute Gasteiger partial charge is 0.264 e. The number of aryl methyl sites for hydroxylation is 1. The van der Waals surface area contributed by atoms with Crippen molar-refractivity contribution in [3.8, 4) is 11.8 Å². The van der Waals surface area contributed by atoms with Crippen LogP contribution in [0.4, 0.5) is 0 Å². The summed E-state index contributed by atoms with van der Waals surface area (Å²) in [5, 5.41) is 0. The maximum atomic E-state index is 4.11. The van der Waals surface area contributed by atoms with Gasteiger partial charge in [-0.2, -0.15) is 0 Å². The molecule has 0 aliphatic rings. The second-order valence-corrected chi connectivity index (χ2v) is 4.14. The fourth-order valence-corrected chi connectivity index (χ4v) is 1.64. The van der Waals surface area contributed by atoms with E-state index in [0.717, 1.165) is 23.1 Å². The Morgan fingerprint density at radius 3 is 2.67 bits per heavy atom. The van der Waals surface area contributed by atoms with Gasteiger partial charge >= 0.3 is 0 Å². The molecule has 0 atom stereocenters. The van der Waals surface area contributed by atoms with E-state index in [9.17, 15) is 0 Å². The molecule has 0 amide bonds. The standard InChI is InChI=1S/C17H15N/c1-3-4-17-13-18-12-11-16(17)10-9-15-7-5-14(2)6-8-15/h3,5-8,11-13H,1,4H2,2H3. The van der Waals surface area contributed by atoms with Crippen LogP contribution in [0, 0.1) is 18.8 Å². The third-order valence-corrected chi connectivity index (χ3v) is 2.66. The lowest BCUT2D eigenvalue weighted by atomic mass is 10.1. The first-order chi connectivity index (χ1) is 8.79. The molecule has 2 aromatic rings. The van der Waals surface area contributed by atoms with E-state index < -0.39 is 0 Å². The Bertz CT molecular complexity index is 597. The highest BCUT2D eigenvalue weighted by molar-refractivity contribution is 5.46. The van der Waals surface area contributed by atoms with Gasteiger partial charge in [-0.1, -0.05) is 35.6 Å². The summed E-state index contributed by atoms with van der Waals surface area (Å²) in [6, 6.07) is 10.2. The van der Waals surface area contributed by atoms with E-state index >= 15 is 0 Å². The fourth-order valence-electron chi connectivity index (χ4n) is 1.64. The number of hydrogen-bond donors (Lipinski definition) is 0. The zero-order chi connectivity index (χ0) is 12.8. The highest BCUT2D eigenvalue weighted by Gasteiger charge is 1.96. The van der Waals surface area contributed by atoms with Crippen LogP contribution in [0.3, 0.4) is 0 Å². The molecule has 0 spiro atoms. The molecule has 0 aliphatic carbocycles. The van der Waals surface area contributed by atoms with Crippen LogP contribution >= 0.6 is 0 Å². The second kappa shape index (κ2) is 5.84. The Balaban J connectivity index is 2.29. The van der Waals surface area contributed by atoms with Gasteiger partial charge in [0.25, 0.3) is 0 Å². The van der Waals surface area contributed by atoms with E-state index in [1.165, 1.54) is 5.56 Å². The van der Waals surface area contributed by atoms with Crippen LogP contribution in [-0.4, -0.2) is 4.98 Å². The molecule has 0 saturated heterocycles. The summed E-state index contributed by atoms with van der Waals surface area (Å²) in [7, 11) is 0. The van der Waals surface area contributed by atoms with Crippen LogP contribution in [-0.2, 0) is 6.42 Å². The van der Waals surface area contributed by atoms with Gasteiger partial charge < -0.3 is 0 Å². The van der Waals surface area contributed by atoms with Gasteiger partial charge in [0.15, 0.2) is 0 Å². The zero-order valence-corrected chi connectivity index (χ0v) is 10.5. The molecule has 0 fully saturated rings. The highest BCUT2D eigenvalue weighted by atomic mass is 14.6. The van der Waals surface area contributed by atoms with Crippen molar-refractivity contribution >= 4 is 0 Å². The molecule has 88 valence electrons. The Hall–Kier alpha value is -2.33. The number of nitrogens with zero attached hydrogens (tertiary/aromatic N) is 1. The Morgan fingerprint density at radius 1 is 1.17 bits per heavy atom. The van der Waals surface area contributed by atoms with Crippen molar-refractivity contribution in [3.05, 3.63) is 77.6 Å². The van der Waals surface area contributed by atoms with Crippen molar-refractivity contribution in [2.75, 3.05) is 0 Å². The summed E-state index contributed by atoms with van der Waals surface area (Å²) in [6.07, 6.45) is 6.28. The molecular formula is C17H15N. The number of hydrogen-bond acceptors (Lipinski definition) is 1. The first-order valence-corrected chi connectivity index (χ1v) is 5.92. The van der Waals surface area contributed by atoms with Crippen LogP contribution in [0.1, 0.15) is 22.3 Å². The Kier molecular flexibility index (Phi) is 3.94. The maximum Gasteiger partial charge on any atom is 0.0315 e. The number of pyridine rings is 1. The van der Waals surface area contributed by atoms with Crippen molar-refractivity contribution in [2.24, 2.45) is 0 Å². The molecule has 1 aromatic carbocycles. The highest BCUT2D eigenvalue weighted by Crippen LogP contribution is 2.07. The van der Waals surface area contributed by atoms with Crippen LogP contribution < -0.4 is 0 Å². The van der Waals surface area contributed by atoms with E-state index in [2.05, 4.69) is 42.5 Å². The predicted molar refractivity (Wildman–Crippen MR) is 75.3 cm³/mol. The third-order valence-electron chi connectivity index (χ3n) is 2.66. The fraction of sp³-hybridized carbons (Fsp3) is 0.118. The van der Waals surface area contributed by atoms with E-state index in [-0.39, 0.29) is 0 Å². The normalized spacial score (nSPS) is 9.39. The lowest BCUT2D eigenvalue weighted by molar-refractivity contribution is 1.18. The van der Waals surface area contributed by atoms with Crippen molar-refractivity contribution in [1.29, 1.82) is 0 Å². The second-order valence-electron chi connectivity index (χ2n) is 4.14. The monoisotopic (exact) mass is 233 g/mol. The van der Waals surface area contributed by atoms with Crippen molar-refractivity contribution in [2.45, 2.75) is 13.3 Å². The molecule has 0 aliphatic heterocycles. The van der Waals surface area contributed by atoms with Gasteiger partial charge in [-0.3, -0.25) is 4.98 Å². The number of rotatable bonds is 2. The van der Waals surface area contributed by atoms with Crippen LogP contribution in [0.15, 0.2) is 55.4 Å². The first kappa shape index (κ1) is 12.1. The minimum atomic E-state index is 0.797. The number of allylic oxidation sites excluding steroid dienone is 1. The minimum Gasteiger partial charge on any atom is -0.264 e. The van der Waals surface area contributed by atoms with Gasteiger partial charge in [0.1, 0.15) is 0 Å². The Labute approximate surface area is 108 Å². The molecule has 0 N–H and O–H groups in total. The molecule has 1 heterocycles. The lowest BCUT2D eigenvalue weighted by Crippen LogP contribution is -1.89. The van der Waals surface area contributed by atoms with E-state index in [4.69, 9.17) is 0 Å². The molecule has 2 rings (SSSR count). The molecule has 0 radical (unpaired) electrons. The number of benzene rings is 1. The van der Waals surface area contributed by atoms with Crippen molar-refractivity contribution in [1.82, 2.24) is 4.98 Å². The van der Waals surface area contributed by atoms with Gasteiger partial charge in [0.2, 0.25) is 0 Å². The number of aromatic nitrogens is 1. The van der Waals surface area contributed by atoms with Gasteiger partial charge in [-0.25, -0.2) is 0 Å². The zero-order valence-electron chi connectivity index (χ0n) is 10.5. The summed E-state index contributed by atoms with van der Waals surface area (Å²) in [6.45, 7) is 5.82. The SMILES string of the molecule is C=CCc1cnccc1C#Cc1ccc(C)cc1. The van der Waals surface area contributed by atoms with Crippen LogP contribution in [0.25, 0.3) is 0 Å². The molecule has 1 nitrogen and oxygen atoms in total. The molecule has 18 heavy (non-hydrogen) atoms. The summed E-state index contributed by atoms with van der Waals surface area (Å²) in [4.78, 5) is 4.11. The maximum absolute atomic E-state index is 4.11. The molecular weight excluding hydrogens is 218 g/mol. The average Bonchev–Trinajstić information content (AvgIpc) is 2.40. The van der Waals surface area contributed by atoms with Gasteiger partial charge in [-0.15, -0.1) is 6.58 Å². The van der Waals surface area contributed by atoms with E-state index in [1.54, 1.807) is 6.20 Å². The predicted octanol–water partition coefficient (Wildman–Crippen LogP) is 3.52. The molecule has 0 unspecified atom stereocenters. The smallest absolute Gasteiger partial charge is 0.0315 e. The van der Waals surface area contributed by atoms with E-state index in [0.29, 0.717) is 0 Å². The lowest BCUT2D eigenvalue weighted by Gasteiger charge is -1.99. The summed E-state index contributed by atoms with van der Waals surface area (Å²) in [5.41, 5.74) is 4.41. The third kappa shape index (κ3) is 3.09. The molecule has 1 heteroatoms. The minimum absolute atomic E-state index is 0.797. The summed E-state index contributed by atoms with van der Waals surface area (Å²) in [5.74, 6) is 6.37. The summed E-state index contributed by atoms with van der Waals surface area (Å²) < 4.78 is 0. The van der Waals surface area contributed by atoms with Gasteiger partial charge in [-0.05, 0) is 37.1 Å². The van der Waals surface area contributed by atoms with E-state index in [1.807, 2.05) is 30.5 Å². The Morgan fingerprint density at radius 2 is 1.94 bits per heavy atom. The van der Waals surface area contributed by atoms with Crippen molar-refractivity contribution in [3.63, 3.8) is 0 Å². The quantitative estimate of drug-likeness (QED) is 0.571. The molecule has 1 aromatic heterocycles. The summed E-state index contributed by atoms with van der Waals surface area (Å²) >= 11 is 0. The topological polar surface area (TPSA) is 12.9 Å². The van der Waals surface area contributed by atoms with Gasteiger partial charge in [0.05, 0.1) is 0 Å². The van der Waals surface area contributed by atoms with Crippen LogP contribution in [0.5, 0.6) is 0 Å². The average molecular weight is 233 g/mol. The van der Waals surface area contributed by atoms with Crippen LogP contribution in [0.2, 0.25) is 0 Å². The van der Waals surface area contributed by atoms with Gasteiger partial charge in [0, 0.05) is 23.5 Å². The first-order valence-electron chi connectivity index (χ1n) is 5.92. The van der Waals surface area contributed by atoms with Crippen molar-refractivity contribution < 1.29 is 0 Å². The molecule has 0 saturated carbocycles.